The second kappa shape index (κ2) is 5.32. The number of carbonyl (C=O) groups is 1. The van der Waals surface area contributed by atoms with E-state index in [1.54, 1.807) is 11.3 Å². The molecule has 0 fully saturated rings. The Labute approximate surface area is 139 Å². The van der Waals surface area contributed by atoms with Crippen LogP contribution in [-0.4, -0.2) is 10.9 Å². The maximum atomic E-state index is 11.8. The van der Waals surface area contributed by atoms with Crippen LogP contribution in [-0.2, 0) is 4.79 Å². The number of aryl methyl sites for hydroxylation is 1. The first-order chi connectivity index (χ1) is 11.1. The molecule has 1 aromatic heterocycles. The van der Waals surface area contributed by atoms with Gasteiger partial charge < -0.3 is 5.32 Å². The van der Waals surface area contributed by atoms with Crippen LogP contribution in [0.25, 0.3) is 21.8 Å². The average Bonchev–Trinajstić information content (AvgIpc) is 3.14. The molecule has 1 atom stereocenters. The minimum absolute atomic E-state index is 0.0655. The van der Waals surface area contributed by atoms with Gasteiger partial charge in [0.2, 0.25) is 5.91 Å². The number of benzene rings is 2. The van der Waals surface area contributed by atoms with Gasteiger partial charge >= 0.3 is 0 Å². The van der Waals surface area contributed by atoms with E-state index in [0.29, 0.717) is 0 Å². The summed E-state index contributed by atoms with van der Waals surface area (Å²) >= 11 is 1.64. The molecule has 0 aliphatic carbocycles. The molecule has 2 heterocycles. The molecule has 1 aliphatic rings. The first-order valence-electron chi connectivity index (χ1n) is 7.59. The molecule has 0 unspecified atom stereocenters. The van der Waals surface area contributed by atoms with Crippen LogP contribution in [0.5, 0.6) is 0 Å². The predicted octanol–water partition coefficient (Wildman–Crippen LogP) is 4.84. The molecule has 1 amide bonds. The van der Waals surface area contributed by atoms with Gasteiger partial charge in [-0.3, -0.25) is 4.79 Å². The summed E-state index contributed by atoms with van der Waals surface area (Å²) in [7, 11) is 0. The van der Waals surface area contributed by atoms with E-state index in [1.165, 1.54) is 5.56 Å². The number of thiazole rings is 1. The van der Waals surface area contributed by atoms with Crippen LogP contribution in [0.1, 0.15) is 24.0 Å². The molecule has 4 heteroatoms. The number of hydrogen-bond donors (Lipinski definition) is 1. The smallest absolute Gasteiger partial charge is 0.231 e. The summed E-state index contributed by atoms with van der Waals surface area (Å²) in [6, 6.07) is 14.5. The van der Waals surface area contributed by atoms with Crippen LogP contribution in [0.4, 0.5) is 5.69 Å². The first kappa shape index (κ1) is 14.2. The van der Waals surface area contributed by atoms with Gasteiger partial charge in [-0.2, -0.15) is 0 Å². The van der Waals surface area contributed by atoms with Crippen LogP contribution in [0.3, 0.4) is 0 Å². The molecule has 0 radical (unpaired) electrons. The second-order valence-electron chi connectivity index (χ2n) is 5.92. The molecule has 1 N–H and O–H groups in total. The van der Waals surface area contributed by atoms with Gasteiger partial charge in [0.25, 0.3) is 0 Å². The third-order valence-corrected chi connectivity index (χ3v) is 5.16. The van der Waals surface area contributed by atoms with E-state index in [2.05, 4.69) is 48.0 Å². The van der Waals surface area contributed by atoms with Crippen molar-refractivity contribution in [2.75, 3.05) is 5.32 Å². The number of carbonyl (C=O) groups excluding carboxylic acids is 1. The largest absolute Gasteiger partial charge is 0.325 e. The Balaban J connectivity index is 1.70. The number of anilines is 1. The van der Waals surface area contributed by atoms with Crippen molar-refractivity contribution in [3.05, 3.63) is 59.0 Å². The number of aromatic nitrogens is 1. The molecule has 0 saturated carbocycles. The van der Waals surface area contributed by atoms with Crippen molar-refractivity contribution in [1.29, 1.82) is 0 Å². The fourth-order valence-corrected chi connectivity index (χ4v) is 3.65. The number of rotatable bonds is 2. The van der Waals surface area contributed by atoms with Crippen molar-refractivity contribution >= 4 is 22.9 Å². The Morgan fingerprint density at radius 3 is 2.61 bits per heavy atom. The Hall–Kier alpha value is -2.46. The maximum absolute atomic E-state index is 11.8. The highest BCUT2D eigenvalue weighted by Crippen LogP contribution is 2.36. The molecule has 2 aromatic carbocycles. The zero-order chi connectivity index (χ0) is 16.0. The average molecular weight is 320 g/mol. The topological polar surface area (TPSA) is 42.0 Å². The quantitative estimate of drug-likeness (QED) is 0.734. The van der Waals surface area contributed by atoms with Crippen molar-refractivity contribution in [3.63, 3.8) is 0 Å². The molecule has 0 saturated heterocycles. The molecule has 114 valence electrons. The van der Waals surface area contributed by atoms with E-state index in [0.717, 1.165) is 33.1 Å². The number of nitrogens with zero attached hydrogens (tertiary/aromatic N) is 1. The van der Waals surface area contributed by atoms with Gasteiger partial charge in [0.15, 0.2) is 0 Å². The van der Waals surface area contributed by atoms with Crippen LogP contribution in [0.2, 0.25) is 0 Å². The lowest BCUT2D eigenvalue weighted by atomic mass is 9.99. The van der Waals surface area contributed by atoms with E-state index in [9.17, 15) is 4.79 Å². The minimum Gasteiger partial charge on any atom is -0.325 e. The highest BCUT2D eigenvalue weighted by molar-refractivity contribution is 7.13. The number of hydrogen-bond acceptors (Lipinski definition) is 3. The lowest BCUT2D eigenvalue weighted by Crippen LogP contribution is -2.08. The van der Waals surface area contributed by atoms with Crippen molar-refractivity contribution < 1.29 is 4.79 Å². The lowest BCUT2D eigenvalue weighted by Gasteiger charge is -2.04. The third kappa shape index (κ3) is 2.45. The molecule has 3 nitrogen and oxygen atoms in total. The van der Waals surface area contributed by atoms with Gasteiger partial charge in [-0.1, -0.05) is 35.9 Å². The zero-order valence-corrected chi connectivity index (χ0v) is 13.8. The van der Waals surface area contributed by atoms with Crippen LogP contribution in [0, 0.1) is 6.92 Å². The third-order valence-electron chi connectivity index (χ3n) is 4.27. The van der Waals surface area contributed by atoms with Crippen molar-refractivity contribution in [1.82, 2.24) is 4.98 Å². The summed E-state index contributed by atoms with van der Waals surface area (Å²) in [5, 5.41) is 6.00. The Morgan fingerprint density at radius 2 is 1.83 bits per heavy atom. The van der Waals surface area contributed by atoms with Gasteiger partial charge in [0.1, 0.15) is 5.01 Å². The Kier molecular flexibility index (Phi) is 3.27. The summed E-state index contributed by atoms with van der Waals surface area (Å²) in [6.45, 7) is 4.02. The highest BCUT2D eigenvalue weighted by Gasteiger charge is 2.26. The Bertz CT molecular complexity index is 896. The zero-order valence-electron chi connectivity index (χ0n) is 13.0. The summed E-state index contributed by atoms with van der Waals surface area (Å²) in [5.41, 5.74) is 6.37. The van der Waals surface area contributed by atoms with Crippen LogP contribution >= 0.6 is 11.3 Å². The standard InChI is InChI=1S/C19H16N2OS/c1-11-3-5-13(6-4-11)19-21-17(10-23-19)14-7-8-16-15(9-14)12(2)18(22)20-16/h3-10,12H,1-2H3,(H,20,22)/t12-/m0/s1. The highest BCUT2D eigenvalue weighted by atomic mass is 32.1. The molecular formula is C19H16N2OS. The van der Waals surface area contributed by atoms with E-state index in [1.807, 2.05) is 19.1 Å². The molecule has 23 heavy (non-hydrogen) atoms. The molecule has 4 rings (SSSR count). The van der Waals surface area contributed by atoms with Crippen molar-refractivity contribution in [2.45, 2.75) is 19.8 Å². The fourth-order valence-electron chi connectivity index (χ4n) is 2.81. The van der Waals surface area contributed by atoms with E-state index in [4.69, 9.17) is 4.98 Å². The lowest BCUT2D eigenvalue weighted by molar-refractivity contribution is -0.116. The van der Waals surface area contributed by atoms with Crippen molar-refractivity contribution in [3.8, 4) is 21.8 Å². The van der Waals surface area contributed by atoms with E-state index < -0.39 is 0 Å². The van der Waals surface area contributed by atoms with Gasteiger partial charge in [-0.05, 0) is 31.5 Å². The first-order valence-corrected chi connectivity index (χ1v) is 8.47. The molecule has 0 spiro atoms. The van der Waals surface area contributed by atoms with Gasteiger partial charge in [-0.25, -0.2) is 4.98 Å². The Morgan fingerprint density at radius 1 is 1.09 bits per heavy atom. The number of fused-ring (bicyclic) bond motifs is 1. The van der Waals surface area contributed by atoms with Crippen LogP contribution < -0.4 is 5.32 Å². The summed E-state index contributed by atoms with van der Waals surface area (Å²) in [5.74, 6) is -0.0315. The number of amides is 1. The fraction of sp³-hybridized carbons (Fsp3) is 0.158. The summed E-state index contributed by atoms with van der Waals surface area (Å²) in [6.07, 6.45) is 0. The van der Waals surface area contributed by atoms with E-state index in [-0.39, 0.29) is 11.8 Å². The van der Waals surface area contributed by atoms with Crippen LogP contribution in [0.15, 0.2) is 47.8 Å². The van der Waals surface area contributed by atoms with Gasteiger partial charge in [0, 0.05) is 22.2 Å². The monoisotopic (exact) mass is 320 g/mol. The molecule has 3 aromatic rings. The van der Waals surface area contributed by atoms with Gasteiger partial charge in [-0.15, -0.1) is 11.3 Å². The molecular weight excluding hydrogens is 304 g/mol. The van der Waals surface area contributed by atoms with Gasteiger partial charge in [0.05, 0.1) is 11.6 Å². The SMILES string of the molecule is Cc1ccc(-c2nc(-c3ccc4c(c3)[C@H](C)C(=O)N4)cs2)cc1. The van der Waals surface area contributed by atoms with Crippen molar-refractivity contribution in [2.24, 2.45) is 0 Å². The molecule has 1 aliphatic heterocycles. The maximum Gasteiger partial charge on any atom is 0.231 e. The second-order valence-corrected chi connectivity index (χ2v) is 6.77. The summed E-state index contributed by atoms with van der Waals surface area (Å²) in [4.78, 5) is 16.5. The normalized spacial score (nSPS) is 16.3. The predicted molar refractivity (Wildman–Crippen MR) is 94.8 cm³/mol. The minimum atomic E-state index is -0.0971. The number of nitrogens with one attached hydrogen (secondary N) is 1. The molecule has 0 bridgehead atoms. The van der Waals surface area contributed by atoms with E-state index >= 15 is 0 Å². The summed E-state index contributed by atoms with van der Waals surface area (Å²) < 4.78 is 0.